The van der Waals surface area contributed by atoms with Crippen molar-refractivity contribution >= 4 is 23.7 Å². The molecule has 0 saturated carbocycles. The predicted molar refractivity (Wildman–Crippen MR) is 85.8 cm³/mol. The summed E-state index contributed by atoms with van der Waals surface area (Å²) >= 11 is 0. The molecule has 1 aromatic carbocycles. The lowest BCUT2D eigenvalue weighted by Gasteiger charge is -2.06. The smallest absolute Gasteiger partial charge is 0.343 e. The van der Waals surface area contributed by atoms with Gasteiger partial charge in [0.05, 0.1) is 12.3 Å². The summed E-state index contributed by atoms with van der Waals surface area (Å²) in [6, 6.07) is 6.83. The minimum atomic E-state index is -0.627. The second kappa shape index (κ2) is 8.77. The lowest BCUT2D eigenvalue weighted by atomic mass is 10.1. The molecule has 5 nitrogen and oxygen atoms in total. The van der Waals surface area contributed by atoms with Crippen LogP contribution in [0.15, 0.2) is 40.6 Å². The molecule has 0 atom stereocenters. The molecule has 0 saturated heterocycles. The van der Waals surface area contributed by atoms with Gasteiger partial charge in [0.15, 0.2) is 5.78 Å². The number of carbonyl (C=O) groups excluding carboxylic acids is 2. The average molecular weight is 303 g/mol. The minimum Gasteiger partial charge on any atom is -0.511 e. The molecule has 22 heavy (non-hydrogen) atoms. The topological polar surface area (TPSA) is 76.0 Å². The van der Waals surface area contributed by atoms with Crippen LogP contribution in [0.25, 0.3) is 0 Å². The number of hydrogen-bond donors (Lipinski definition) is 1. The zero-order valence-electron chi connectivity index (χ0n) is 13.1. The predicted octanol–water partition coefficient (Wildman–Crippen LogP) is 3.77. The molecule has 1 rings (SSSR count). The van der Waals surface area contributed by atoms with Gasteiger partial charge < -0.3 is 9.84 Å². The maximum absolute atomic E-state index is 11.9. The van der Waals surface area contributed by atoms with E-state index in [-0.39, 0.29) is 23.7 Å². The fraction of sp³-hybridized carbons (Fsp3) is 0.353. The van der Waals surface area contributed by atoms with Crippen molar-refractivity contribution in [3.8, 4) is 0 Å². The molecule has 0 aliphatic heterocycles. The van der Waals surface area contributed by atoms with E-state index in [0.29, 0.717) is 24.1 Å². The van der Waals surface area contributed by atoms with Crippen LogP contribution in [0.4, 0.5) is 5.69 Å². The highest BCUT2D eigenvalue weighted by molar-refractivity contribution is 6.11. The third-order valence-corrected chi connectivity index (χ3v) is 2.91. The van der Waals surface area contributed by atoms with E-state index < -0.39 is 5.97 Å². The summed E-state index contributed by atoms with van der Waals surface area (Å²) in [4.78, 5) is 27.6. The Labute approximate surface area is 130 Å². The molecule has 0 radical (unpaired) electrons. The minimum absolute atomic E-state index is 0.0158. The van der Waals surface area contributed by atoms with E-state index in [1.807, 2.05) is 6.92 Å². The quantitative estimate of drug-likeness (QED) is 0.273. The molecule has 5 heteroatoms. The van der Waals surface area contributed by atoms with Crippen LogP contribution in [0.2, 0.25) is 0 Å². The Morgan fingerprint density at radius 2 is 1.95 bits per heavy atom. The van der Waals surface area contributed by atoms with Crippen LogP contribution in [0.1, 0.15) is 44.0 Å². The van der Waals surface area contributed by atoms with Gasteiger partial charge in [0, 0.05) is 18.2 Å². The van der Waals surface area contributed by atoms with E-state index in [1.165, 1.54) is 13.1 Å². The van der Waals surface area contributed by atoms with Crippen LogP contribution < -0.4 is 0 Å². The van der Waals surface area contributed by atoms with Gasteiger partial charge in [-0.1, -0.05) is 19.1 Å². The van der Waals surface area contributed by atoms with Crippen LogP contribution >= 0.6 is 0 Å². The number of Topliss-reactive ketones (excluding diaryl/α,β-unsaturated/α-hetero) is 1. The Morgan fingerprint density at radius 1 is 1.27 bits per heavy atom. The summed E-state index contributed by atoms with van der Waals surface area (Å²) in [5.41, 5.74) is 0.917. The number of para-hydroxylation sites is 1. The molecular weight excluding hydrogens is 282 g/mol. The first-order valence-electron chi connectivity index (χ1n) is 7.24. The summed E-state index contributed by atoms with van der Waals surface area (Å²) in [7, 11) is 0. The Balaban J connectivity index is 3.17. The summed E-state index contributed by atoms with van der Waals surface area (Å²) in [6.45, 7) is 5.24. The first-order chi connectivity index (χ1) is 10.5. The second-order valence-electron chi connectivity index (χ2n) is 4.66. The number of rotatable bonds is 7. The highest BCUT2D eigenvalue weighted by Gasteiger charge is 2.14. The number of aliphatic hydroxyl groups excluding tert-OH is 1. The van der Waals surface area contributed by atoms with Gasteiger partial charge >= 0.3 is 5.97 Å². The molecule has 0 bridgehead atoms. The summed E-state index contributed by atoms with van der Waals surface area (Å²) in [5, 5.41) is 9.98. The zero-order chi connectivity index (χ0) is 16.5. The highest BCUT2D eigenvalue weighted by Crippen LogP contribution is 2.19. The van der Waals surface area contributed by atoms with Crippen LogP contribution in [0.5, 0.6) is 0 Å². The van der Waals surface area contributed by atoms with Gasteiger partial charge in [-0.25, -0.2) is 4.79 Å². The normalized spacial score (nSPS) is 12.1. The van der Waals surface area contributed by atoms with Crippen molar-refractivity contribution < 1.29 is 19.4 Å². The van der Waals surface area contributed by atoms with Crippen molar-refractivity contribution in [1.29, 1.82) is 0 Å². The van der Waals surface area contributed by atoms with Crippen molar-refractivity contribution in [2.75, 3.05) is 6.61 Å². The fourth-order valence-corrected chi connectivity index (χ4v) is 1.84. The molecular formula is C17H21NO4. The molecule has 0 heterocycles. The van der Waals surface area contributed by atoms with Crippen molar-refractivity contribution in [3.63, 3.8) is 0 Å². The average Bonchev–Trinajstić information content (AvgIpc) is 2.48. The van der Waals surface area contributed by atoms with E-state index in [4.69, 9.17) is 4.74 Å². The van der Waals surface area contributed by atoms with E-state index in [9.17, 15) is 14.7 Å². The monoisotopic (exact) mass is 303 g/mol. The zero-order valence-corrected chi connectivity index (χ0v) is 13.1. The maximum atomic E-state index is 11.9. The van der Waals surface area contributed by atoms with Crippen LogP contribution in [0.3, 0.4) is 0 Å². The Bertz CT molecular complexity index is 602. The highest BCUT2D eigenvalue weighted by atomic mass is 16.5. The first kappa shape index (κ1) is 17.6. The Morgan fingerprint density at radius 3 is 2.55 bits per heavy atom. The summed E-state index contributed by atoms with van der Waals surface area (Å²) in [6.07, 6.45) is 2.30. The lowest BCUT2D eigenvalue weighted by Crippen LogP contribution is -2.11. The number of nitrogens with zero attached hydrogens (tertiary/aromatic N) is 1. The van der Waals surface area contributed by atoms with E-state index in [1.54, 1.807) is 31.2 Å². The number of hydrogen-bond acceptors (Lipinski definition) is 5. The number of carbonyl (C=O) groups is 2. The van der Waals surface area contributed by atoms with Crippen LogP contribution in [-0.4, -0.2) is 29.7 Å². The van der Waals surface area contributed by atoms with E-state index in [0.717, 1.165) is 0 Å². The van der Waals surface area contributed by atoms with Crippen LogP contribution in [-0.2, 0) is 9.53 Å². The van der Waals surface area contributed by atoms with Gasteiger partial charge in [0.2, 0.25) is 0 Å². The van der Waals surface area contributed by atoms with E-state index in [2.05, 4.69) is 4.99 Å². The lowest BCUT2D eigenvalue weighted by molar-refractivity contribution is -0.138. The van der Waals surface area contributed by atoms with Gasteiger partial charge in [-0.15, -0.1) is 0 Å². The fourth-order valence-electron chi connectivity index (χ4n) is 1.84. The summed E-state index contributed by atoms with van der Waals surface area (Å²) < 4.78 is 4.92. The largest absolute Gasteiger partial charge is 0.511 e. The number of ketones is 1. The maximum Gasteiger partial charge on any atom is 0.343 e. The molecule has 0 aliphatic rings. The molecule has 1 N–H and O–H groups in total. The molecule has 0 amide bonds. The molecule has 0 aromatic heterocycles. The second-order valence-corrected chi connectivity index (χ2v) is 4.66. The Hall–Kier alpha value is -2.43. The molecule has 0 unspecified atom stereocenters. The molecule has 0 spiro atoms. The molecule has 0 fully saturated rings. The van der Waals surface area contributed by atoms with Gasteiger partial charge in [-0.05, 0) is 32.4 Å². The van der Waals surface area contributed by atoms with Crippen molar-refractivity contribution in [2.45, 2.75) is 33.6 Å². The van der Waals surface area contributed by atoms with Crippen molar-refractivity contribution in [1.82, 2.24) is 0 Å². The molecule has 1 aromatic rings. The SMILES string of the molecule is CCC/C(O)=C(/C=Nc1ccccc1C(C)=O)C(=O)OCC. The van der Waals surface area contributed by atoms with Gasteiger partial charge in [0.1, 0.15) is 11.3 Å². The van der Waals surface area contributed by atoms with Gasteiger partial charge in [-0.2, -0.15) is 0 Å². The number of esters is 1. The third kappa shape index (κ3) is 4.84. The Kier molecular flexibility index (Phi) is 7.02. The molecule has 0 aliphatic carbocycles. The number of ether oxygens (including phenoxy) is 1. The van der Waals surface area contributed by atoms with Crippen molar-refractivity contribution in [2.24, 2.45) is 4.99 Å². The van der Waals surface area contributed by atoms with E-state index >= 15 is 0 Å². The number of allylic oxidation sites excluding steroid dienone is 1. The number of benzene rings is 1. The summed E-state index contributed by atoms with van der Waals surface area (Å²) in [5.74, 6) is -0.810. The van der Waals surface area contributed by atoms with Crippen LogP contribution in [0, 0.1) is 0 Å². The number of aliphatic hydroxyl groups is 1. The van der Waals surface area contributed by atoms with Crippen molar-refractivity contribution in [3.05, 3.63) is 41.2 Å². The van der Waals surface area contributed by atoms with Gasteiger partial charge in [0.25, 0.3) is 0 Å². The van der Waals surface area contributed by atoms with Gasteiger partial charge in [-0.3, -0.25) is 9.79 Å². The first-order valence-corrected chi connectivity index (χ1v) is 7.24. The number of aliphatic imine (C=N–C) groups is 1. The third-order valence-electron chi connectivity index (χ3n) is 2.91. The standard InChI is InChI=1S/C17H21NO4/c1-4-8-16(20)14(17(21)22-5-2)11-18-15-10-7-6-9-13(15)12(3)19/h6-7,9-11,20H,4-5,8H2,1-3H3/b16-14+,18-11?. The molecule has 118 valence electrons.